The van der Waals surface area contributed by atoms with Gasteiger partial charge in [0.05, 0.1) is 26.0 Å². The first-order valence-electron chi connectivity index (χ1n) is 8.22. The number of aromatic nitrogens is 2. The predicted octanol–water partition coefficient (Wildman–Crippen LogP) is 0.732. The Morgan fingerprint density at radius 2 is 2.14 bits per heavy atom. The summed E-state index contributed by atoms with van der Waals surface area (Å²) in [7, 11) is 1.96. The summed E-state index contributed by atoms with van der Waals surface area (Å²) in [6.07, 6.45) is 4.04. The molecule has 0 amide bonds. The Morgan fingerprint density at radius 3 is 2.86 bits per heavy atom. The molecule has 0 saturated carbocycles. The van der Waals surface area contributed by atoms with Crippen LogP contribution in [0.25, 0.3) is 0 Å². The molecule has 6 nitrogen and oxygen atoms in total. The minimum absolute atomic E-state index is 0.193. The average Bonchev–Trinajstić information content (AvgIpc) is 2.76. The molecule has 0 aliphatic carbocycles. The Kier molecular flexibility index (Phi) is 4.82. The molecule has 0 N–H and O–H groups in total. The van der Waals surface area contributed by atoms with Crippen LogP contribution in [0, 0.1) is 0 Å². The zero-order chi connectivity index (χ0) is 15.6. The van der Waals surface area contributed by atoms with Crippen molar-refractivity contribution in [1.29, 1.82) is 0 Å². The quantitative estimate of drug-likeness (QED) is 0.824. The van der Waals surface area contributed by atoms with E-state index in [0.717, 1.165) is 45.9 Å². The summed E-state index contributed by atoms with van der Waals surface area (Å²) in [4.78, 5) is 4.94. The number of hydrogen-bond donors (Lipinski definition) is 0. The number of aryl methyl sites for hydroxylation is 1. The zero-order valence-electron chi connectivity index (χ0n) is 14.0. The van der Waals surface area contributed by atoms with Gasteiger partial charge in [-0.05, 0) is 13.8 Å². The Balaban J connectivity index is 1.67. The fraction of sp³-hybridized carbons (Fsp3) is 0.812. The lowest BCUT2D eigenvalue weighted by molar-refractivity contribution is -0.144. The summed E-state index contributed by atoms with van der Waals surface area (Å²) < 4.78 is 13.9. The minimum Gasteiger partial charge on any atom is -0.377 e. The molecule has 0 bridgehead atoms. The average molecular weight is 308 g/mol. The fourth-order valence-corrected chi connectivity index (χ4v) is 3.43. The van der Waals surface area contributed by atoms with Gasteiger partial charge in [0, 0.05) is 57.6 Å². The van der Waals surface area contributed by atoms with Gasteiger partial charge in [-0.2, -0.15) is 5.10 Å². The molecule has 3 rings (SSSR count). The maximum atomic E-state index is 6.21. The number of hydrogen-bond acceptors (Lipinski definition) is 5. The Hall–Kier alpha value is -0.950. The number of morpholine rings is 1. The predicted molar refractivity (Wildman–Crippen MR) is 84.7 cm³/mol. The molecule has 1 atom stereocenters. The molecule has 2 aliphatic heterocycles. The van der Waals surface area contributed by atoms with Crippen LogP contribution >= 0.6 is 0 Å². The van der Waals surface area contributed by atoms with E-state index in [1.165, 1.54) is 5.56 Å². The van der Waals surface area contributed by atoms with E-state index in [4.69, 9.17) is 9.47 Å². The second-order valence-electron chi connectivity index (χ2n) is 6.88. The summed E-state index contributed by atoms with van der Waals surface area (Å²) >= 11 is 0. The normalized spacial score (nSPS) is 28.4. The number of nitrogens with zero attached hydrogens (tertiary/aromatic N) is 4. The molecule has 124 valence electrons. The van der Waals surface area contributed by atoms with Gasteiger partial charge < -0.3 is 9.47 Å². The zero-order valence-corrected chi connectivity index (χ0v) is 14.0. The van der Waals surface area contributed by atoms with E-state index in [0.29, 0.717) is 12.6 Å². The van der Waals surface area contributed by atoms with Crippen LogP contribution in [0.4, 0.5) is 0 Å². The van der Waals surface area contributed by atoms with Crippen LogP contribution in [0.5, 0.6) is 0 Å². The van der Waals surface area contributed by atoms with Crippen molar-refractivity contribution in [1.82, 2.24) is 19.6 Å². The summed E-state index contributed by atoms with van der Waals surface area (Å²) in [5.41, 5.74) is 1.07. The lowest BCUT2D eigenvalue weighted by atomic mass is 10.0. The van der Waals surface area contributed by atoms with E-state index in [9.17, 15) is 0 Å². The molecule has 2 saturated heterocycles. The van der Waals surface area contributed by atoms with E-state index in [-0.39, 0.29) is 5.60 Å². The highest BCUT2D eigenvalue weighted by Crippen LogP contribution is 2.24. The molecule has 1 aromatic rings. The van der Waals surface area contributed by atoms with Crippen LogP contribution < -0.4 is 0 Å². The van der Waals surface area contributed by atoms with Crippen molar-refractivity contribution in [2.45, 2.75) is 32.0 Å². The standard InChI is InChI=1S/C16H28N4O2/c1-14(2)20-5-6-21-13-16(12-20)11-19(4-7-22-16)10-15-8-17-18(3)9-15/h8-9,14H,4-7,10-13H2,1-3H3/t16-/m1/s1. The van der Waals surface area contributed by atoms with Gasteiger partial charge in [0.2, 0.25) is 0 Å². The molecular weight excluding hydrogens is 280 g/mol. The summed E-state index contributed by atoms with van der Waals surface area (Å²) in [6, 6.07) is 0.524. The van der Waals surface area contributed by atoms with Crippen LogP contribution in [0.3, 0.4) is 0 Å². The van der Waals surface area contributed by atoms with E-state index >= 15 is 0 Å². The summed E-state index contributed by atoms with van der Waals surface area (Å²) in [6.45, 7) is 11.5. The van der Waals surface area contributed by atoms with Crippen LogP contribution in [0.15, 0.2) is 12.4 Å². The first-order valence-corrected chi connectivity index (χ1v) is 8.22. The van der Waals surface area contributed by atoms with Gasteiger partial charge in [0.1, 0.15) is 5.60 Å². The van der Waals surface area contributed by atoms with Crippen molar-refractivity contribution in [2.24, 2.45) is 7.05 Å². The van der Waals surface area contributed by atoms with E-state index in [2.05, 4.69) is 34.9 Å². The van der Waals surface area contributed by atoms with Crippen molar-refractivity contribution >= 4 is 0 Å². The second-order valence-corrected chi connectivity index (χ2v) is 6.88. The first kappa shape index (κ1) is 15.9. The molecule has 0 aromatic carbocycles. The molecule has 1 spiro atoms. The Morgan fingerprint density at radius 1 is 1.27 bits per heavy atom. The SMILES string of the molecule is CC(C)N1CCOC[C@@]2(CN(Cc3cnn(C)c3)CCO2)C1. The van der Waals surface area contributed by atoms with Crippen molar-refractivity contribution < 1.29 is 9.47 Å². The molecule has 2 fully saturated rings. The molecule has 0 unspecified atom stereocenters. The van der Waals surface area contributed by atoms with Crippen LogP contribution in [-0.4, -0.2) is 77.2 Å². The molecular formula is C16H28N4O2. The maximum absolute atomic E-state index is 6.21. The topological polar surface area (TPSA) is 42.8 Å². The van der Waals surface area contributed by atoms with Gasteiger partial charge in [-0.25, -0.2) is 0 Å². The first-order chi connectivity index (χ1) is 10.6. The number of rotatable bonds is 3. The Bertz CT molecular complexity index is 490. The van der Waals surface area contributed by atoms with E-state index in [1.54, 1.807) is 0 Å². The third kappa shape index (κ3) is 3.68. The van der Waals surface area contributed by atoms with Gasteiger partial charge >= 0.3 is 0 Å². The van der Waals surface area contributed by atoms with Gasteiger partial charge in [-0.1, -0.05) is 0 Å². The van der Waals surface area contributed by atoms with Gasteiger partial charge in [0.25, 0.3) is 0 Å². The van der Waals surface area contributed by atoms with Gasteiger partial charge in [-0.15, -0.1) is 0 Å². The van der Waals surface area contributed by atoms with Crippen LogP contribution in [0.2, 0.25) is 0 Å². The number of ether oxygens (including phenoxy) is 2. The van der Waals surface area contributed by atoms with Crippen molar-refractivity contribution in [3.05, 3.63) is 18.0 Å². The second kappa shape index (κ2) is 6.66. The molecule has 6 heteroatoms. The van der Waals surface area contributed by atoms with Gasteiger partial charge in [0.15, 0.2) is 0 Å². The highest BCUT2D eigenvalue weighted by atomic mass is 16.5. The summed E-state index contributed by atoms with van der Waals surface area (Å²) in [5, 5.41) is 4.26. The fourth-order valence-electron chi connectivity index (χ4n) is 3.43. The van der Waals surface area contributed by atoms with E-state index in [1.807, 2.05) is 17.9 Å². The minimum atomic E-state index is -0.193. The molecule has 22 heavy (non-hydrogen) atoms. The smallest absolute Gasteiger partial charge is 0.117 e. The lowest BCUT2D eigenvalue weighted by Crippen LogP contribution is -2.59. The van der Waals surface area contributed by atoms with Crippen LogP contribution in [-0.2, 0) is 23.1 Å². The molecule has 1 aromatic heterocycles. The highest BCUT2D eigenvalue weighted by molar-refractivity contribution is 5.04. The highest BCUT2D eigenvalue weighted by Gasteiger charge is 2.40. The third-order valence-electron chi connectivity index (χ3n) is 4.60. The van der Waals surface area contributed by atoms with Crippen molar-refractivity contribution in [3.63, 3.8) is 0 Å². The molecule has 3 heterocycles. The largest absolute Gasteiger partial charge is 0.377 e. The molecule has 2 aliphatic rings. The van der Waals surface area contributed by atoms with E-state index < -0.39 is 0 Å². The maximum Gasteiger partial charge on any atom is 0.117 e. The van der Waals surface area contributed by atoms with Crippen molar-refractivity contribution in [3.8, 4) is 0 Å². The van der Waals surface area contributed by atoms with Crippen LogP contribution in [0.1, 0.15) is 19.4 Å². The molecule has 0 radical (unpaired) electrons. The Labute approximate surface area is 133 Å². The van der Waals surface area contributed by atoms with Gasteiger partial charge in [-0.3, -0.25) is 14.5 Å². The van der Waals surface area contributed by atoms with Crippen molar-refractivity contribution in [2.75, 3.05) is 46.0 Å². The monoisotopic (exact) mass is 308 g/mol. The lowest BCUT2D eigenvalue weighted by Gasteiger charge is -2.44. The third-order valence-corrected chi connectivity index (χ3v) is 4.60. The summed E-state index contributed by atoms with van der Waals surface area (Å²) in [5.74, 6) is 0.